The van der Waals surface area contributed by atoms with Gasteiger partial charge in [0.1, 0.15) is 5.69 Å². The zero-order valence-electron chi connectivity index (χ0n) is 9.66. The molecule has 1 aromatic heterocycles. The normalized spacial score (nSPS) is 24.3. The third-order valence-corrected chi connectivity index (χ3v) is 3.54. The molecule has 1 aliphatic rings. The first-order valence-electron chi connectivity index (χ1n) is 5.54. The van der Waals surface area contributed by atoms with Crippen molar-refractivity contribution >= 4 is 5.78 Å². The SMILES string of the molecule is Cn1ccc(C(=O)C2CCCC2(C)C)n1. The molecule has 82 valence electrons. The van der Waals surface area contributed by atoms with Crippen molar-refractivity contribution in [3.63, 3.8) is 0 Å². The first-order valence-corrected chi connectivity index (χ1v) is 5.54. The molecule has 1 saturated carbocycles. The molecule has 1 aromatic rings. The van der Waals surface area contributed by atoms with Crippen LogP contribution in [0.1, 0.15) is 43.6 Å². The molecular weight excluding hydrogens is 188 g/mol. The molecular formula is C12H18N2O. The van der Waals surface area contributed by atoms with Crippen molar-refractivity contribution in [2.45, 2.75) is 33.1 Å². The Kier molecular flexibility index (Phi) is 2.41. The van der Waals surface area contributed by atoms with Crippen molar-refractivity contribution in [2.75, 3.05) is 0 Å². The van der Waals surface area contributed by atoms with Gasteiger partial charge in [-0.25, -0.2) is 0 Å². The standard InChI is InChI=1S/C12H18N2O/c1-12(2)7-4-5-9(12)11(15)10-6-8-14(3)13-10/h6,8-9H,4-5,7H2,1-3H3. The maximum atomic E-state index is 12.2. The van der Waals surface area contributed by atoms with Crippen LogP contribution in [0.4, 0.5) is 0 Å². The van der Waals surface area contributed by atoms with Gasteiger partial charge in [0, 0.05) is 19.2 Å². The van der Waals surface area contributed by atoms with Crippen molar-refractivity contribution in [3.05, 3.63) is 18.0 Å². The van der Waals surface area contributed by atoms with E-state index in [9.17, 15) is 4.79 Å². The quantitative estimate of drug-likeness (QED) is 0.696. The topological polar surface area (TPSA) is 34.9 Å². The molecule has 0 spiro atoms. The molecule has 0 aromatic carbocycles. The Morgan fingerprint density at radius 3 is 2.80 bits per heavy atom. The predicted octanol–water partition coefficient (Wildman–Crippen LogP) is 2.43. The fourth-order valence-electron chi connectivity index (χ4n) is 2.54. The third-order valence-electron chi connectivity index (χ3n) is 3.54. The zero-order valence-corrected chi connectivity index (χ0v) is 9.66. The van der Waals surface area contributed by atoms with Crippen LogP contribution in [0.5, 0.6) is 0 Å². The molecule has 0 aliphatic heterocycles. The number of carbonyl (C=O) groups excluding carboxylic acids is 1. The van der Waals surface area contributed by atoms with E-state index in [4.69, 9.17) is 0 Å². The Labute approximate surface area is 90.5 Å². The summed E-state index contributed by atoms with van der Waals surface area (Å²) in [4.78, 5) is 12.2. The van der Waals surface area contributed by atoms with Gasteiger partial charge in [-0.05, 0) is 24.3 Å². The van der Waals surface area contributed by atoms with Crippen LogP contribution in [0.3, 0.4) is 0 Å². The summed E-state index contributed by atoms with van der Waals surface area (Å²) in [6, 6.07) is 1.82. The number of aryl methyl sites for hydroxylation is 1. The Morgan fingerprint density at radius 2 is 2.33 bits per heavy atom. The summed E-state index contributed by atoms with van der Waals surface area (Å²) in [6.45, 7) is 4.37. The van der Waals surface area contributed by atoms with Gasteiger partial charge in [-0.3, -0.25) is 9.48 Å². The largest absolute Gasteiger partial charge is 0.292 e. The summed E-state index contributed by atoms with van der Waals surface area (Å²) >= 11 is 0. The maximum absolute atomic E-state index is 12.2. The van der Waals surface area contributed by atoms with Crippen molar-refractivity contribution in [1.29, 1.82) is 0 Å². The molecule has 3 heteroatoms. The van der Waals surface area contributed by atoms with Crippen molar-refractivity contribution in [3.8, 4) is 0 Å². The minimum atomic E-state index is 0.147. The van der Waals surface area contributed by atoms with E-state index in [0.29, 0.717) is 5.69 Å². The van der Waals surface area contributed by atoms with Crippen LogP contribution < -0.4 is 0 Å². The van der Waals surface area contributed by atoms with E-state index in [1.165, 1.54) is 0 Å². The van der Waals surface area contributed by atoms with E-state index >= 15 is 0 Å². The smallest absolute Gasteiger partial charge is 0.186 e. The number of hydrogen-bond donors (Lipinski definition) is 0. The van der Waals surface area contributed by atoms with E-state index in [2.05, 4.69) is 18.9 Å². The average molecular weight is 206 g/mol. The Morgan fingerprint density at radius 1 is 1.60 bits per heavy atom. The second-order valence-electron chi connectivity index (χ2n) is 5.17. The Balaban J connectivity index is 2.21. The number of ketones is 1. The number of Topliss-reactive ketones (excluding diaryl/α,β-unsaturated/α-hetero) is 1. The van der Waals surface area contributed by atoms with Gasteiger partial charge >= 0.3 is 0 Å². The minimum Gasteiger partial charge on any atom is -0.292 e. The lowest BCUT2D eigenvalue weighted by molar-refractivity contribution is 0.0833. The molecule has 0 N–H and O–H groups in total. The van der Waals surface area contributed by atoms with Gasteiger partial charge in [-0.1, -0.05) is 20.3 Å². The summed E-state index contributed by atoms with van der Waals surface area (Å²) < 4.78 is 1.69. The predicted molar refractivity (Wildman–Crippen MR) is 58.7 cm³/mol. The molecule has 1 fully saturated rings. The molecule has 1 aliphatic carbocycles. The molecule has 1 heterocycles. The van der Waals surface area contributed by atoms with E-state index in [1.807, 2.05) is 19.3 Å². The van der Waals surface area contributed by atoms with Crippen LogP contribution in [0, 0.1) is 11.3 Å². The molecule has 1 unspecified atom stereocenters. The van der Waals surface area contributed by atoms with Gasteiger partial charge in [0.2, 0.25) is 0 Å². The van der Waals surface area contributed by atoms with Gasteiger partial charge in [0.25, 0.3) is 0 Å². The molecule has 0 bridgehead atoms. The number of carbonyl (C=O) groups is 1. The number of nitrogens with zero attached hydrogens (tertiary/aromatic N) is 2. The first kappa shape index (κ1) is 10.4. The monoisotopic (exact) mass is 206 g/mol. The van der Waals surface area contributed by atoms with E-state index in [0.717, 1.165) is 19.3 Å². The van der Waals surface area contributed by atoms with Crippen LogP contribution in [0.15, 0.2) is 12.3 Å². The van der Waals surface area contributed by atoms with Crippen LogP contribution in [-0.2, 0) is 7.05 Å². The molecule has 0 amide bonds. The second kappa shape index (κ2) is 3.47. The van der Waals surface area contributed by atoms with Gasteiger partial charge in [-0.2, -0.15) is 5.10 Å². The lowest BCUT2D eigenvalue weighted by Crippen LogP contribution is -2.26. The van der Waals surface area contributed by atoms with Crippen molar-refractivity contribution in [1.82, 2.24) is 9.78 Å². The average Bonchev–Trinajstić information content (AvgIpc) is 2.70. The van der Waals surface area contributed by atoms with Crippen LogP contribution >= 0.6 is 0 Å². The van der Waals surface area contributed by atoms with Crippen LogP contribution in [0.2, 0.25) is 0 Å². The fraction of sp³-hybridized carbons (Fsp3) is 0.667. The maximum Gasteiger partial charge on any atom is 0.186 e. The number of rotatable bonds is 2. The lowest BCUT2D eigenvalue weighted by Gasteiger charge is -2.24. The van der Waals surface area contributed by atoms with Gasteiger partial charge in [-0.15, -0.1) is 0 Å². The van der Waals surface area contributed by atoms with Crippen LogP contribution in [-0.4, -0.2) is 15.6 Å². The summed E-state index contributed by atoms with van der Waals surface area (Å²) in [5, 5.41) is 4.19. The van der Waals surface area contributed by atoms with Gasteiger partial charge in [0.15, 0.2) is 5.78 Å². The Hall–Kier alpha value is -1.12. The van der Waals surface area contributed by atoms with E-state index < -0.39 is 0 Å². The van der Waals surface area contributed by atoms with E-state index in [-0.39, 0.29) is 17.1 Å². The first-order chi connectivity index (χ1) is 7.00. The van der Waals surface area contributed by atoms with Crippen LogP contribution in [0.25, 0.3) is 0 Å². The van der Waals surface area contributed by atoms with Crippen molar-refractivity contribution in [2.24, 2.45) is 18.4 Å². The van der Waals surface area contributed by atoms with E-state index in [1.54, 1.807) is 4.68 Å². The Bertz CT molecular complexity index is 379. The minimum absolute atomic E-state index is 0.147. The van der Waals surface area contributed by atoms with Gasteiger partial charge < -0.3 is 0 Å². The molecule has 15 heavy (non-hydrogen) atoms. The highest BCUT2D eigenvalue weighted by Gasteiger charge is 2.40. The third kappa shape index (κ3) is 1.83. The summed E-state index contributed by atoms with van der Waals surface area (Å²) in [5.74, 6) is 0.380. The highest BCUT2D eigenvalue weighted by molar-refractivity contribution is 5.96. The summed E-state index contributed by atoms with van der Waals surface area (Å²) in [6.07, 6.45) is 5.16. The van der Waals surface area contributed by atoms with Crippen molar-refractivity contribution < 1.29 is 4.79 Å². The highest BCUT2D eigenvalue weighted by Crippen LogP contribution is 2.43. The number of hydrogen-bond acceptors (Lipinski definition) is 2. The molecule has 0 radical (unpaired) electrons. The highest BCUT2D eigenvalue weighted by atomic mass is 16.1. The molecule has 1 atom stereocenters. The summed E-state index contributed by atoms with van der Waals surface area (Å²) in [7, 11) is 1.84. The van der Waals surface area contributed by atoms with Gasteiger partial charge in [0.05, 0.1) is 0 Å². The lowest BCUT2D eigenvalue weighted by atomic mass is 9.79. The fourth-order valence-corrected chi connectivity index (χ4v) is 2.54. The molecule has 2 rings (SSSR count). The molecule has 0 saturated heterocycles. The zero-order chi connectivity index (χ0) is 11.1. The second-order valence-corrected chi connectivity index (χ2v) is 5.17. The number of aromatic nitrogens is 2. The summed E-state index contributed by atoms with van der Waals surface area (Å²) in [5.41, 5.74) is 0.770. The molecule has 3 nitrogen and oxygen atoms in total.